The number of carbonyl (C=O) groups excluding carboxylic acids is 2. The summed E-state index contributed by atoms with van der Waals surface area (Å²) in [5, 5.41) is 11.5. The molecular formula is C24H19ClN2O3. The van der Waals surface area contributed by atoms with Crippen molar-refractivity contribution in [3.63, 3.8) is 0 Å². The molecule has 1 aliphatic heterocycles. The Bertz CT molecular complexity index is 1190. The van der Waals surface area contributed by atoms with Gasteiger partial charge in [0.2, 0.25) is 0 Å². The van der Waals surface area contributed by atoms with Gasteiger partial charge in [-0.15, -0.1) is 0 Å². The average molecular weight is 419 g/mol. The van der Waals surface area contributed by atoms with Crippen LogP contribution >= 0.6 is 11.6 Å². The zero-order valence-corrected chi connectivity index (χ0v) is 17.2. The topological polar surface area (TPSA) is 70.5 Å². The molecule has 1 aromatic heterocycles. The third-order valence-electron chi connectivity index (χ3n) is 5.17. The van der Waals surface area contributed by atoms with Crippen LogP contribution in [0.5, 0.6) is 0 Å². The van der Waals surface area contributed by atoms with Crippen molar-refractivity contribution in [2.24, 2.45) is 0 Å². The van der Waals surface area contributed by atoms with Crippen LogP contribution in [0, 0.1) is 13.8 Å². The molecule has 3 aromatic rings. The SMILES string of the molecule is Cc1ccc(C)c(N2C(=O)C(=O)/C(=C(/O)c3cccc(Cl)c3)C2c2cccnc2)c1. The van der Waals surface area contributed by atoms with Gasteiger partial charge in [0.15, 0.2) is 0 Å². The number of anilines is 1. The van der Waals surface area contributed by atoms with Gasteiger partial charge in [0.1, 0.15) is 5.76 Å². The lowest BCUT2D eigenvalue weighted by molar-refractivity contribution is -0.132. The van der Waals surface area contributed by atoms with Crippen LogP contribution in [0.25, 0.3) is 5.76 Å². The highest BCUT2D eigenvalue weighted by molar-refractivity contribution is 6.51. The fraction of sp³-hybridized carbons (Fsp3) is 0.125. The first-order chi connectivity index (χ1) is 14.4. The van der Waals surface area contributed by atoms with E-state index >= 15 is 0 Å². The van der Waals surface area contributed by atoms with Crippen molar-refractivity contribution in [1.82, 2.24) is 4.98 Å². The number of benzene rings is 2. The number of aliphatic hydroxyl groups is 1. The number of Topliss-reactive ketones (excluding diaryl/α,β-unsaturated/α-hetero) is 1. The number of ketones is 1. The monoisotopic (exact) mass is 418 g/mol. The molecule has 150 valence electrons. The van der Waals surface area contributed by atoms with E-state index in [1.54, 1.807) is 48.8 Å². The molecule has 1 fully saturated rings. The van der Waals surface area contributed by atoms with Crippen LogP contribution in [0.1, 0.15) is 28.3 Å². The quantitative estimate of drug-likeness (QED) is 0.370. The summed E-state index contributed by atoms with van der Waals surface area (Å²) in [7, 11) is 0. The first kappa shape index (κ1) is 19.9. The fourth-order valence-corrected chi connectivity index (χ4v) is 3.89. The number of nitrogens with zero attached hydrogens (tertiary/aromatic N) is 2. The maximum Gasteiger partial charge on any atom is 0.300 e. The molecule has 1 atom stereocenters. The Morgan fingerprint density at radius 1 is 1.07 bits per heavy atom. The normalized spacial score (nSPS) is 18.1. The molecule has 1 unspecified atom stereocenters. The summed E-state index contributed by atoms with van der Waals surface area (Å²) in [4.78, 5) is 31.9. The molecule has 2 heterocycles. The van der Waals surface area contributed by atoms with Gasteiger partial charge < -0.3 is 5.11 Å². The number of aliphatic hydroxyl groups excluding tert-OH is 1. The van der Waals surface area contributed by atoms with Crippen molar-refractivity contribution >= 4 is 34.7 Å². The maximum absolute atomic E-state index is 13.2. The van der Waals surface area contributed by atoms with Gasteiger partial charge >= 0.3 is 0 Å². The summed E-state index contributed by atoms with van der Waals surface area (Å²) in [6.07, 6.45) is 3.21. The number of carbonyl (C=O) groups is 2. The molecule has 6 heteroatoms. The second-order valence-corrected chi connectivity index (χ2v) is 7.69. The van der Waals surface area contributed by atoms with E-state index in [0.717, 1.165) is 11.1 Å². The van der Waals surface area contributed by atoms with Gasteiger partial charge in [-0.1, -0.05) is 41.9 Å². The number of hydrogen-bond acceptors (Lipinski definition) is 4. The van der Waals surface area contributed by atoms with Gasteiger partial charge in [0.25, 0.3) is 11.7 Å². The maximum atomic E-state index is 13.2. The zero-order valence-electron chi connectivity index (χ0n) is 16.5. The van der Waals surface area contributed by atoms with Crippen LogP contribution in [-0.2, 0) is 9.59 Å². The van der Waals surface area contributed by atoms with Crippen LogP contribution in [0.3, 0.4) is 0 Å². The summed E-state index contributed by atoms with van der Waals surface area (Å²) >= 11 is 6.07. The van der Waals surface area contributed by atoms with Gasteiger partial charge in [0, 0.05) is 28.7 Å². The van der Waals surface area contributed by atoms with Crippen LogP contribution in [-0.4, -0.2) is 21.8 Å². The van der Waals surface area contributed by atoms with Crippen LogP contribution in [0.4, 0.5) is 5.69 Å². The number of aryl methyl sites for hydroxylation is 2. The molecule has 2 aromatic carbocycles. The van der Waals surface area contributed by atoms with E-state index in [9.17, 15) is 14.7 Å². The van der Waals surface area contributed by atoms with Gasteiger partial charge in [0.05, 0.1) is 11.6 Å². The molecule has 0 bridgehead atoms. The Balaban J connectivity index is 1.99. The molecule has 1 amide bonds. The average Bonchev–Trinajstić information content (AvgIpc) is 3.00. The molecule has 1 saturated heterocycles. The second kappa shape index (κ2) is 7.76. The predicted molar refractivity (Wildman–Crippen MR) is 116 cm³/mol. The first-order valence-electron chi connectivity index (χ1n) is 9.42. The van der Waals surface area contributed by atoms with Crippen molar-refractivity contribution in [2.45, 2.75) is 19.9 Å². The first-order valence-corrected chi connectivity index (χ1v) is 9.80. The van der Waals surface area contributed by atoms with Gasteiger partial charge in [-0.25, -0.2) is 0 Å². The Kier molecular flexibility index (Phi) is 5.14. The number of aromatic nitrogens is 1. The largest absolute Gasteiger partial charge is 0.507 e. The molecule has 30 heavy (non-hydrogen) atoms. The second-order valence-electron chi connectivity index (χ2n) is 7.26. The van der Waals surface area contributed by atoms with E-state index < -0.39 is 17.7 Å². The van der Waals surface area contributed by atoms with Crippen LogP contribution < -0.4 is 4.90 Å². The number of amides is 1. The molecular weight excluding hydrogens is 400 g/mol. The Morgan fingerprint density at radius 3 is 2.57 bits per heavy atom. The number of pyridine rings is 1. The minimum atomic E-state index is -0.807. The van der Waals surface area contributed by atoms with Crippen molar-refractivity contribution in [2.75, 3.05) is 4.90 Å². The Morgan fingerprint density at radius 2 is 1.87 bits per heavy atom. The highest BCUT2D eigenvalue weighted by atomic mass is 35.5. The number of halogens is 1. The fourth-order valence-electron chi connectivity index (χ4n) is 3.70. The van der Waals surface area contributed by atoms with E-state index in [1.807, 2.05) is 32.0 Å². The third-order valence-corrected chi connectivity index (χ3v) is 5.40. The van der Waals surface area contributed by atoms with E-state index in [4.69, 9.17) is 11.6 Å². The lowest BCUT2D eigenvalue weighted by Crippen LogP contribution is -2.30. The summed E-state index contributed by atoms with van der Waals surface area (Å²) in [6.45, 7) is 3.80. The molecule has 0 saturated carbocycles. The summed E-state index contributed by atoms with van der Waals surface area (Å²) in [5.41, 5.74) is 3.43. The van der Waals surface area contributed by atoms with Gasteiger partial charge in [-0.05, 0) is 54.8 Å². The molecule has 0 spiro atoms. The van der Waals surface area contributed by atoms with E-state index in [2.05, 4.69) is 4.98 Å². The smallest absolute Gasteiger partial charge is 0.300 e. The zero-order chi connectivity index (χ0) is 21.4. The minimum absolute atomic E-state index is 0.0103. The molecule has 0 aliphatic carbocycles. The van der Waals surface area contributed by atoms with Crippen molar-refractivity contribution in [3.8, 4) is 0 Å². The molecule has 0 radical (unpaired) electrons. The summed E-state index contributed by atoms with van der Waals surface area (Å²) in [6, 6.07) is 15.0. The number of hydrogen-bond donors (Lipinski definition) is 1. The molecule has 5 nitrogen and oxygen atoms in total. The van der Waals surface area contributed by atoms with Crippen LogP contribution in [0.2, 0.25) is 5.02 Å². The standard InChI is InChI=1S/C24H19ClN2O3/c1-14-8-9-15(2)19(11-14)27-21(17-6-4-10-26-13-17)20(23(29)24(27)30)22(28)16-5-3-7-18(25)12-16/h3-13,21,28H,1-2H3/b22-20+. The molecule has 1 N–H and O–H groups in total. The highest BCUT2D eigenvalue weighted by Crippen LogP contribution is 2.43. The van der Waals surface area contributed by atoms with E-state index in [-0.39, 0.29) is 11.3 Å². The van der Waals surface area contributed by atoms with Crippen molar-refractivity contribution in [1.29, 1.82) is 0 Å². The predicted octanol–water partition coefficient (Wildman–Crippen LogP) is 4.98. The summed E-state index contributed by atoms with van der Waals surface area (Å²) < 4.78 is 0. The third kappa shape index (κ3) is 3.37. The minimum Gasteiger partial charge on any atom is -0.507 e. The van der Waals surface area contributed by atoms with Gasteiger partial charge in [-0.2, -0.15) is 0 Å². The summed E-state index contributed by atoms with van der Waals surface area (Å²) in [5.74, 6) is -1.71. The Labute approximate surface area is 179 Å². The van der Waals surface area contributed by atoms with Gasteiger partial charge in [-0.3, -0.25) is 19.5 Å². The van der Waals surface area contributed by atoms with E-state index in [1.165, 1.54) is 4.90 Å². The molecule has 1 aliphatic rings. The molecule has 4 rings (SSSR count). The van der Waals surface area contributed by atoms with Crippen molar-refractivity contribution in [3.05, 3.63) is 99.8 Å². The lowest BCUT2D eigenvalue weighted by Gasteiger charge is -2.27. The van der Waals surface area contributed by atoms with Crippen LogP contribution in [0.15, 0.2) is 72.6 Å². The Hall–Kier alpha value is -3.44. The van der Waals surface area contributed by atoms with Crippen molar-refractivity contribution < 1.29 is 14.7 Å². The lowest BCUT2D eigenvalue weighted by atomic mass is 9.96. The number of rotatable bonds is 3. The van der Waals surface area contributed by atoms with E-state index in [0.29, 0.717) is 21.8 Å². The highest BCUT2D eigenvalue weighted by Gasteiger charge is 2.47.